The molecule has 54 valence electrons. The molecule has 0 aliphatic heterocycles. The molecule has 0 fully saturated rings. The summed E-state index contributed by atoms with van der Waals surface area (Å²) in [6.07, 6.45) is 0. The standard InChI is InChI=1S/C8H11OP/c1-7-4-2-3-5-8(7)6-9-10/h2-5H,6,10H2,1H3. The van der Waals surface area contributed by atoms with Crippen molar-refractivity contribution in [1.29, 1.82) is 0 Å². The van der Waals surface area contributed by atoms with Gasteiger partial charge in [0.25, 0.3) is 0 Å². The smallest absolute Gasteiger partial charge is 0.0755 e. The second-order valence-electron chi connectivity index (χ2n) is 2.24. The lowest BCUT2D eigenvalue weighted by Gasteiger charge is -2.01. The van der Waals surface area contributed by atoms with Crippen LogP contribution in [0.3, 0.4) is 0 Å². The van der Waals surface area contributed by atoms with Crippen molar-refractivity contribution in [1.82, 2.24) is 0 Å². The van der Waals surface area contributed by atoms with Crippen LogP contribution in [0.25, 0.3) is 0 Å². The molecule has 1 aromatic rings. The number of rotatable bonds is 2. The Labute approximate surface area is 63.7 Å². The van der Waals surface area contributed by atoms with Crippen molar-refractivity contribution in [2.24, 2.45) is 0 Å². The molecule has 0 aliphatic carbocycles. The molecule has 0 spiro atoms. The minimum absolute atomic E-state index is 0.678. The van der Waals surface area contributed by atoms with Crippen molar-refractivity contribution in [2.75, 3.05) is 0 Å². The first kappa shape index (κ1) is 7.71. The van der Waals surface area contributed by atoms with E-state index in [0.717, 1.165) is 0 Å². The number of benzene rings is 1. The highest BCUT2D eigenvalue weighted by atomic mass is 31.0. The Balaban J connectivity index is 2.81. The molecule has 2 heteroatoms. The molecule has 0 N–H and O–H groups in total. The summed E-state index contributed by atoms with van der Waals surface area (Å²) in [6, 6.07) is 8.20. The van der Waals surface area contributed by atoms with Crippen LogP contribution in [0.15, 0.2) is 24.3 Å². The van der Waals surface area contributed by atoms with Gasteiger partial charge in [0.2, 0.25) is 0 Å². The first-order valence-electron chi connectivity index (χ1n) is 3.21. The summed E-state index contributed by atoms with van der Waals surface area (Å²) < 4.78 is 4.93. The highest BCUT2D eigenvalue weighted by molar-refractivity contribution is 7.09. The number of hydrogen-bond donors (Lipinski definition) is 0. The third-order valence-electron chi connectivity index (χ3n) is 1.50. The molecule has 0 saturated carbocycles. The van der Waals surface area contributed by atoms with Crippen LogP contribution in [0.4, 0.5) is 0 Å². The molecule has 1 atom stereocenters. The average Bonchev–Trinajstić information content (AvgIpc) is 1.94. The predicted octanol–water partition coefficient (Wildman–Crippen LogP) is 2.30. The Morgan fingerprint density at radius 3 is 2.70 bits per heavy atom. The fourth-order valence-corrected chi connectivity index (χ4v) is 1.04. The van der Waals surface area contributed by atoms with Crippen LogP contribution in [0.5, 0.6) is 0 Å². The predicted molar refractivity (Wildman–Crippen MR) is 45.7 cm³/mol. The molecule has 0 radical (unpaired) electrons. The maximum absolute atomic E-state index is 4.93. The topological polar surface area (TPSA) is 9.23 Å². The normalized spacial score (nSPS) is 9.80. The summed E-state index contributed by atoms with van der Waals surface area (Å²) in [6.45, 7) is 2.76. The third-order valence-corrected chi connectivity index (χ3v) is 1.67. The molecule has 1 nitrogen and oxygen atoms in total. The van der Waals surface area contributed by atoms with Gasteiger partial charge in [-0.15, -0.1) is 0 Å². The number of hydrogen-bond acceptors (Lipinski definition) is 1. The van der Waals surface area contributed by atoms with Gasteiger partial charge in [-0.1, -0.05) is 24.3 Å². The van der Waals surface area contributed by atoms with Crippen LogP contribution >= 0.6 is 9.47 Å². The molecule has 1 rings (SSSR count). The van der Waals surface area contributed by atoms with Crippen molar-refractivity contribution in [3.8, 4) is 0 Å². The van der Waals surface area contributed by atoms with E-state index in [2.05, 4.69) is 28.5 Å². The van der Waals surface area contributed by atoms with E-state index in [1.165, 1.54) is 11.1 Å². The van der Waals surface area contributed by atoms with Crippen molar-refractivity contribution >= 4 is 9.47 Å². The molecule has 0 heterocycles. The van der Waals surface area contributed by atoms with Gasteiger partial charge < -0.3 is 4.52 Å². The zero-order valence-electron chi connectivity index (χ0n) is 6.00. The minimum Gasteiger partial charge on any atom is -0.361 e. The molecule has 0 aromatic heterocycles. The lowest BCUT2D eigenvalue weighted by molar-refractivity contribution is 0.361. The van der Waals surface area contributed by atoms with Crippen LogP contribution in [0.1, 0.15) is 11.1 Å². The molecular formula is C8H11OP. The van der Waals surface area contributed by atoms with E-state index in [-0.39, 0.29) is 0 Å². The largest absolute Gasteiger partial charge is 0.361 e. The lowest BCUT2D eigenvalue weighted by Crippen LogP contribution is -1.86. The second-order valence-corrected chi connectivity index (χ2v) is 2.57. The van der Waals surface area contributed by atoms with E-state index in [0.29, 0.717) is 6.61 Å². The van der Waals surface area contributed by atoms with Gasteiger partial charge in [-0.3, -0.25) is 0 Å². The third kappa shape index (κ3) is 1.80. The SMILES string of the molecule is Cc1ccccc1COP. The summed E-state index contributed by atoms with van der Waals surface area (Å²) >= 11 is 0. The Morgan fingerprint density at radius 2 is 2.10 bits per heavy atom. The molecular weight excluding hydrogens is 143 g/mol. The lowest BCUT2D eigenvalue weighted by atomic mass is 10.1. The molecule has 0 bridgehead atoms. The van der Waals surface area contributed by atoms with Crippen molar-refractivity contribution in [2.45, 2.75) is 13.5 Å². The van der Waals surface area contributed by atoms with E-state index < -0.39 is 0 Å². The summed E-state index contributed by atoms with van der Waals surface area (Å²) in [5.41, 5.74) is 2.53. The van der Waals surface area contributed by atoms with Gasteiger partial charge in [0, 0.05) is 9.47 Å². The van der Waals surface area contributed by atoms with Gasteiger partial charge in [0.15, 0.2) is 0 Å². The second kappa shape index (κ2) is 3.70. The highest BCUT2D eigenvalue weighted by Crippen LogP contribution is 2.09. The van der Waals surface area contributed by atoms with Crippen molar-refractivity contribution in [3.63, 3.8) is 0 Å². The Morgan fingerprint density at radius 1 is 1.40 bits per heavy atom. The summed E-state index contributed by atoms with van der Waals surface area (Å²) in [5.74, 6) is 0. The van der Waals surface area contributed by atoms with Crippen LogP contribution < -0.4 is 0 Å². The zero-order chi connectivity index (χ0) is 7.40. The summed E-state index contributed by atoms with van der Waals surface area (Å²) in [4.78, 5) is 0. The first-order valence-corrected chi connectivity index (χ1v) is 3.68. The van der Waals surface area contributed by atoms with Crippen LogP contribution in [-0.4, -0.2) is 0 Å². The van der Waals surface area contributed by atoms with E-state index in [9.17, 15) is 0 Å². The van der Waals surface area contributed by atoms with Gasteiger partial charge in [0.05, 0.1) is 6.61 Å². The van der Waals surface area contributed by atoms with Crippen LogP contribution in [-0.2, 0) is 11.1 Å². The van der Waals surface area contributed by atoms with E-state index in [4.69, 9.17) is 4.52 Å². The Kier molecular flexibility index (Phi) is 2.85. The first-order chi connectivity index (χ1) is 4.84. The molecule has 0 saturated heterocycles. The Hall–Kier alpha value is -0.390. The maximum atomic E-state index is 4.93. The average molecular weight is 154 g/mol. The monoisotopic (exact) mass is 154 g/mol. The van der Waals surface area contributed by atoms with Crippen molar-refractivity contribution < 1.29 is 4.52 Å². The zero-order valence-corrected chi connectivity index (χ0v) is 7.16. The quantitative estimate of drug-likeness (QED) is 0.594. The number of aryl methyl sites for hydroxylation is 1. The fourth-order valence-electron chi connectivity index (χ4n) is 0.862. The van der Waals surface area contributed by atoms with E-state index in [1.807, 2.05) is 12.1 Å². The van der Waals surface area contributed by atoms with Crippen molar-refractivity contribution in [3.05, 3.63) is 35.4 Å². The van der Waals surface area contributed by atoms with E-state index in [1.54, 1.807) is 0 Å². The van der Waals surface area contributed by atoms with Gasteiger partial charge in [-0.05, 0) is 18.1 Å². The minimum atomic E-state index is 0.678. The van der Waals surface area contributed by atoms with Gasteiger partial charge in [0.1, 0.15) is 0 Å². The summed E-state index contributed by atoms with van der Waals surface area (Å²) in [5, 5.41) is 0. The molecule has 10 heavy (non-hydrogen) atoms. The highest BCUT2D eigenvalue weighted by Gasteiger charge is 1.92. The molecule has 0 aliphatic rings. The Bertz CT molecular complexity index is 210. The maximum Gasteiger partial charge on any atom is 0.0755 e. The molecule has 1 aromatic carbocycles. The van der Waals surface area contributed by atoms with Gasteiger partial charge in [-0.2, -0.15) is 0 Å². The van der Waals surface area contributed by atoms with Crippen LogP contribution in [0.2, 0.25) is 0 Å². The molecule has 1 unspecified atom stereocenters. The fraction of sp³-hybridized carbons (Fsp3) is 0.250. The summed E-state index contributed by atoms with van der Waals surface area (Å²) in [7, 11) is 2.25. The van der Waals surface area contributed by atoms with Gasteiger partial charge in [-0.25, -0.2) is 0 Å². The van der Waals surface area contributed by atoms with E-state index >= 15 is 0 Å². The molecule has 0 amide bonds. The van der Waals surface area contributed by atoms with Gasteiger partial charge >= 0.3 is 0 Å². The van der Waals surface area contributed by atoms with Crippen LogP contribution in [0, 0.1) is 6.92 Å².